The second kappa shape index (κ2) is 12.2. The van der Waals surface area contributed by atoms with Crippen LogP contribution in [0.2, 0.25) is 0 Å². The van der Waals surface area contributed by atoms with Gasteiger partial charge in [-0.25, -0.2) is 4.99 Å². The minimum absolute atomic E-state index is 0. The molecule has 0 bridgehead atoms. The summed E-state index contributed by atoms with van der Waals surface area (Å²) in [7, 11) is 0. The zero-order chi connectivity index (χ0) is 19.8. The smallest absolute Gasteiger partial charge is 0.219 e. The molecule has 0 atom stereocenters. The summed E-state index contributed by atoms with van der Waals surface area (Å²) in [4.78, 5) is 20.5. The second-order valence-corrected chi connectivity index (χ2v) is 7.69. The van der Waals surface area contributed by atoms with E-state index in [2.05, 4.69) is 41.4 Å². The van der Waals surface area contributed by atoms with Crippen molar-refractivity contribution in [2.75, 3.05) is 32.7 Å². The van der Waals surface area contributed by atoms with Crippen molar-refractivity contribution in [1.29, 1.82) is 0 Å². The molecule has 1 amide bonds. The topological polar surface area (TPSA) is 57.2 Å². The third-order valence-electron chi connectivity index (χ3n) is 5.55. The lowest BCUT2D eigenvalue weighted by atomic mass is 9.98. The van der Waals surface area contributed by atoms with E-state index in [-0.39, 0.29) is 29.9 Å². The summed E-state index contributed by atoms with van der Waals surface area (Å²) in [6.45, 7) is 8.34. The van der Waals surface area contributed by atoms with E-state index in [1.54, 1.807) is 6.92 Å². The van der Waals surface area contributed by atoms with Gasteiger partial charge in [-0.2, -0.15) is 0 Å². The van der Waals surface area contributed by atoms with Crippen LogP contribution in [0, 0.1) is 0 Å². The summed E-state index contributed by atoms with van der Waals surface area (Å²) in [5, 5.41) is 3.38. The van der Waals surface area contributed by atoms with Crippen molar-refractivity contribution in [1.82, 2.24) is 15.1 Å². The summed E-state index contributed by atoms with van der Waals surface area (Å²) < 4.78 is 6.11. The van der Waals surface area contributed by atoms with Gasteiger partial charge in [0, 0.05) is 39.6 Å². The summed E-state index contributed by atoms with van der Waals surface area (Å²) in [6, 6.07) is 8.36. The highest BCUT2D eigenvalue weighted by molar-refractivity contribution is 14.0. The number of halogens is 1. The van der Waals surface area contributed by atoms with E-state index in [1.807, 2.05) is 4.90 Å². The maximum atomic E-state index is 11.5. The van der Waals surface area contributed by atoms with E-state index in [9.17, 15) is 4.79 Å². The molecule has 29 heavy (non-hydrogen) atoms. The third kappa shape index (κ3) is 7.35. The average Bonchev–Trinajstić information content (AvgIpc) is 2.73. The minimum atomic E-state index is 0. The highest BCUT2D eigenvalue weighted by atomic mass is 127. The summed E-state index contributed by atoms with van der Waals surface area (Å²) in [6.07, 6.45) is 6.64. The fourth-order valence-corrected chi connectivity index (χ4v) is 3.87. The SMILES string of the molecule is CCNC(=NCc1ccc(OC2CCCCC2)cc1)N1CCN(C(C)=O)CC1.I. The molecule has 3 rings (SSSR count). The van der Waals surface area contributed by atoms with Crippen molar-refractivity contribution in [2.45, 2.75) is 58.6 Å². The molecule has 0 aromatic heterocycles. The zero-order valence-electron chi connectivity index (χ0n) is 17.7. The Kier molecular flexibility index (Phi) is 10.0. The Hall–Kier alpha value is -1.51. The van der Waals surface area contributed by atoms with Crippen molar-refractivity contribution in [2.24, 2.45) is 4.99 Å². The fourth-order valence-electron chi connectivity index (χ4n) is 3.87. The standard InChI is InChI=1S/C22H34N4O2.HI/c1-3-23-22(26-15-13-25(14-16-26)18(2)27)24-17-19-9-11-21(12-10-19)28-20-7-5-4-6-8-20;/h9-12,20H,3-8,13-17H2,1-2H3,(H,23,24);1H. The number of nitrogens with one attached hydrogen (secondary N) is 1. The van der Waals surface area contributed by atoms with Gasteiger partial charge in [0.05, 0.1) is 12.6 Å². The number of nitrogens with zero attached hydrogens (tertiary/aromatic N) is 3. The van der Waals surface area contributed by atoms with Gasteiger partial charge in [0.15, 0.2) is 5.96 Å². The Morgan fingerprint density at radius 2 is 1.69 bits per heavy atom. The number of aliphatic imine (C=N–C) groups is 1. The molecule has 1 aromatic carbocycles. The van der Waals surface area contributed by atoms with E-state index in [4.69, 9.17) is 9.73 Å². The molecule has 162 valence electrons. The molecule has 0 spiro atoms. The van der Waals surface area contributed by atoms with Crippen LogP contribution in [0.5, 0.6) is 5.75 Å². The molecular formula is C22H35IN4O2. The largest absolute Gasteiger partial charge is 0.490 e. The van der Waals surface area contributed by atoms with Crippen LogP contribution < -0.4 is 10.1 Å². The van der Waals surface area contributed by atoms with Gasteiger partial charge in [0.2, 0.25) is 5.91 Å². The van der Waals surface area contributed by atoms with Crippen LogP contribution in [0.1, 0.15) is 51.5 Å². The molecule has 2 aliphatic rings. The highest BCUT2D eigenvalue weighted by Crippen LogP contribution is 2.23. The summed E-state index contributed by atoms with van der Waals surface area (Å²) in [5.41, 5.74) is 1.17. The van der Waals surface area contributed by atoms with Crippen molar-refractivity contribution in [3.63, 3.8) is 0 Å². The Labute approximate surface area is 192 Å². The number of amides is 1. The van der Waals surface area contributed by atoms with Crippen LogP contribution in [0.3, 0.4) is 0 Å². The molecule has 1 N–H and O–H groups in total. The molecule has 1 aromatic rings. The van der Waals surface area contributed by atoms with Crippen LogP contribution in [0.4, 0.5) is 0 Å². The molecule has 2 fully saturated rings. The number of hydrogen-bond donors (Lipinski definition) is 1. The van der Waals surface area contributed by atoms with Gasteiger partial charge in [-0.1, -0.05) is 18.6 Å². The maximum Gasteiger partial charge on any atom is 0.219 e. The number of benzene rings is 1. The van der Waals surface area contributed by atoms with Crippen LogP contribution >= 0.6 is 24.0 Å². The van der Waals surface area contributed by atoms with E-state index in [0.29, 0.717) is 12.6 Å². The average molecular weight is 514 g/mol. The van der Waals surface area contributed by atoms with Gasteiger partial charge in [0.1, 0.15) is 5.75 Å². The van der Waals surface area contributed by atoms with Gasteiger partial charge in [-0.15, -0.1) is 24.0 Å². The lowest BCUT2D eigenvalue weighted by molar-refractivity contribution is -0.130. The van der Waals surface area contributed by atoms with Crippen molar-refractivity contribution < 1.29 is 9.53 Å². The number of guanidine groups is 1. The first-order valence-corrected chi connectivity index (χ1v) is 10.7. The number of ether oxygens (including phenoxy) is 1. The molecule has 7 heteroatoms. The number of rotatable bonds is 5. The minimum Gasteiger partial charge on any atom is -0.490 e. The van der Waals surface area contributed by atoms with Gasteiger partial charge < -0.3 is 19.9 Å². The normalized spacial score (nSPS) is 18.2. The Morgan fingerprint density at radius 1 is 1.07 bits per heavy atom. The van der Waals surface area contributed by atoms with Gasteiger partial charge in [-0.3, -0.25) is 4.79 Å². The molecule has 1 saturated carbocycles. The third-order valence-corrected chi connectivity index (χ3v) is 5.55. The Balaban J connectivity index is 0.00000300. The van der Waals surface area contributed by atoms with Crippen molar-refractivity contribution >= 4 is 35.8 Å². The number of carbonyl (C=O) groups excluding carboxylic acids is 1. The predicted octanol–water partition coefficient (Wildman–Crippen LogP) is 3.65. The van der Waals surface area contributed by atoms with Crippen molar-refractivity contribution in [3.8, 4) is 5.75 Å². The van der Waals surface area contributed by atoms with Gasteiger partial charge in [-0.05, 0) is 50.3 Å². The lowest BCUT2D eigenvalue weighted by Crippen LogP contribution is -2.53. The predicted molar refractivity (Wildman–Crippen MR) is 128 cm³/mol. The van der Waals surface area contributed by atoms with E-state index in [1.165, 1.54) is 37.7 Å². The number of hydrogen-bond acceptors (Lipinski definition) is 3. The fraction of sp³-hybridized carbons (Fsp3) is 0.636. The monoisotopic (exact) mass is 514 g/mol. The Bertz CT molecular complexity index is 651. The van der Waals surface area contributed by atoms with E-state index < -0.39 is 0 Å². The maximum absolute atomic E-state index is 11.5. The molecule has 6 nitrogen and oxygen atoms in total. The highest BCUT2D eigenvalue weighted by Gasteiger charge is 2.20. The van der Waals surface area contributed by atoms with Crippen molar-refractivity contribution in [3.05, 3.63) is 29.8 Å². The van der Waals surface area contributed by atoms with Gasteiger partial charge >= 0.3 is 0 Å². The Morgan fingerprint density at radius 3 is 2.28 bits per heavy atom. The molecule has 1 heterocycles. The van der Waals surface area contributed by atoms with Gasteiger partial charge in [0.25, 0.3) is 0 Å². The first-order valence-electron chi connectivity index (χ1n) is 10.7. The zero-order valence-corrected chi connectivity index (χ0v) is 20.1. The molecular weight excluding hydrogens is 479 g/mol. The molecule has 1 saturated heterocycles. The molecule has 0 unspecified atom stereocenters. The number of piperazine rings is 1. The van der Waals surface area contributed by atoms with Crippen LogP contribution in [0.15, 0.2) is 29.3 Å². The summed E-state index contributed by atoms with van der Waals surface area (Å²) in [5.74, 6) is 2.04. The van der Waals surface area contributed by atoms with E-state index in [0.717, 1.165) is 44.4 Å². The number of carbonyl (C=O) groups is 1. The second-order valence-electron chi connectivity index (χ2n) is 7.69. The van der Waals surface area contributed by atoms with Crippen LogP contribution in [0.25, 0.3) is 0 Å². The van der Waals surface area contributed by atoms with Crippen LogP contribution in [-0.4, -0.2) is 60.5 Å². The first kappa shape index (κ1) is 23.8. The van der Waals surface area contributed by atoms with Crippen LogP contribution in [-0.2, 0) is 11.3 Å². The molecule has 1 aliphatic heterocycles. The molecule has 1 aliphatic carbocycles. The van der Waals surface area contributed by atoms with E-state index >= 15 is 0 Å². The first-order chi connectivity index (χ1) is 13.7. The molecule has 0 radical (unpaired) electrons. The quantitative estimate of drug-likeness (QED) is 0.371. The summed E-state index contributed by atoms with van der Waals surface area (Å²) >= 11 is 0. The lowest BCUT2D eigenvalue weighted by Gasteiger charge is -2.36.